The fourth-order valence-electron chi connectivity index (χ4n) is 2.36. The number of Topliss-reactive ketones (excluding diaryl/α,β-unsaturated/α-hetero) is 1. The van der Waals surface area contributed by atoms with E-state index in [-0.39, 0.29) is 17.6 Å². The lowest BCUT2D eigenvalue weighted by Gasteiger charge is -2.30. The lowest BCUT2D eigenvalue weighted by Crippen LogP contribution is -2.43. The van der Waals surface area contributed by atoms with Crippen molar-refractivity contribution in [3.63, 3.8) is 0 Å². The number of ketones is 1. The molecule has 1 unspecified atom stereocenters. The van der Waals surface area contributed by atoms with Crippen molar-refractivity contribution in [1.82, 2.24) is 4.90 Å². The van der Waals surface area contributed by atoms with E-state index in [9.17, 15) is 9.59 Å². The highest BCUT2D eigenvalue weighted by molar-refractivity contribution is 5.85. The quantitative estimate of drug-likeness (QED) is 0.846. The van der Waals surface area contributed by atoms with E-state index in [1.54, 1.807) is 4.90 Å². The molecule has 1 fully saturated rings. The first-order chi connectivity index (χ1) is 9.56. The van der Waals surface area contributed by atoms with Gasteiger partial charge in [0.25, 0.3) is 0 Å². The predicted octanol–water partition coefficient (Wildman–Crippen LogP) is 2.20. The number of likely N-dealkylation sites (tertiary alicyclic amines) is 1. The Morgan fingerprint density at radius 1 is 1.45 bits per heavy atom. The Bertz CT molecular complexity index is 498. The molecule has 2 rings (SSSR count). The van der Waals surface area contributed by atoms with Crippen LogP contribution < -0.4 is 4.74 Å². The molecular formula is C16H21NO3. The molecule has 1 atom stereocenters. The third-order valence-corrected chi connectivity index (χ3v) is 3.60. The Hall–Kier alpha value is -1.84. The zero-order chi connectivity index (χ0) is 14.5. The van der Waals surface area contributed by atoms with Gasteiger partial charge in [-0.05, 0) is 24.6 Å². The summed E-state index contributed by atoms with van der Waals surface area (Å²) in [4.78, 5) is 25.2. The van der Waals surface area contributed by atoms with E-state index in [0.29, 0.717) is 32.5 Å². The van der Waals surface area contributed by atoms with Crippen LogP contribution in [0.1, 0.15) is 25.3 Å². The smallest absolute Gasteiger partial charge is 0.226 e. The Kier molecular flexibility index (Phi) is 4.77. The summed E-state index contributed by atoms with van der Waals surface area (Å²) in [5.41, 5.74) is 1.14. The number of piperidine rings is 1. The molecule has 108 valence electrons. The van der Waals surface area contributed by atoms with Gasteiger partial charge in [-0.2, -0.15) is 0 Å². The number of carbonyl (C=O) groups is 2. The number of carbonyl (C=O) groups excluding carboxylic acids is 2. The fourth-order valence-corrected chi connectivity index (χ4v) is 2.36. The van der Waals surface area contributed by atoms with Gasteiger partial charge in [-0.15, -0.1) is 0 Å². The van der Waals surface area contributed by atoms with Crippen LogP contribution in [0, 0.1) is 12.8 Å². The molecule has 0 spiro atoms. The second-order valence-electron chi connectivity index (χ2n) is 5.37. The fraction of sp³-hybridized carbons (Fsp3) is 0.500. The summed E-state index contributed by atoms with van der Waals surface area (Å²) in [5, 5.41) is 0. The molecule has 0 aliphatic carbocycles. The van der Waals surface area contributed by atoms with Crippen LogP contribution in [0.15, 0.2) is 24.3 Å². The van der Waals surface area contributed by atoms with Gasteiger partial charge in [0.05, 0.1) is 13.0 Å². The van der Waals surface area contributed by atoms with E-state index in [1.165, 1.54) is 0 Å². The molecule has 0 saturated carbocycles. The van der Waals surface area contributed by atoms with Crippen molar-refractivity contribution in [2.45, 2.75) is 26.7 Å². The van der Waals surface area contributed by atoms with Gasteiger partial charge in [-0.1, -0.05) is 19.1 Å². The van der Waals surface area contributed by atoms with Gasteiger partial charge in [0.2, 0.25) is 5.91 Å². The number of rotatable bonds is 4. The molecule has 0 radical (unpaired) electrons. The van der Waals surface area contributed by atoms with Crippen molar-refractivity contribution in [1.29, 1.82) is 0 Å². The number of benzene rings is 1. The predicted molar refractivity (Wildman–Crippen MR) is 76.7 cm³/mol. The van der Waals surface area contributed by atoms with Crippen molar-refractivity contribution in [2.75, 3.05) is 19.7 Å². The molecule has 4 heteroatoms. The number of hydrogen-bond acceptors (Lipinski definition) is 3. The van der Waals surface area contributed by atoms with E-state index in [0.717, 1.165) is 11.3 Å². The van der Waals surface area contributed by atoms with Gasteiger partial charge in [0.15, 0.2) is 0 Å². The van der Waals surface area contributed by atoms with Gasteiger partial charge in [-0.3, -0.25) is 9.59 Å². The first kappa shape index (κ1) is 14.6. The monoisotopic (exact) mass is 275 g/mol. The minimum atomic E-state index is -0.0367. The van der Waals surface area contributed by atoms with E-state index in [1.807, 2.05) is 38.1 Å². The SMILES string of the molecule is Cc1cccc(OCCC(=O)N2CCC(=O)C(C)C2)c1. The first-order valence-corrected chi connectivity index (χ1v) is 7.06. The molecule has 1 heterocycles. The molecule has 20 heavy (non-hydrogen) atoms. The summed E-state index contributed by atoms with van der Waals surface area (Å²) in [7, 11) is 0. The van der Waals surface area contributed by atoms with E-state index in [2.05, 4.69) is 0 Å². The lowest BCUT2D eigenvalue weighted by molar-refractivity contribution is -0.137. The van der Waals surface area contributed by atoms with Crippen LogP contribution in [-0.2, 0) is 9.59 Å². The zero-order valence-electron chi connectivity index (χ0n) is 12.1. The Balaban J connectivity index is 1.76. The number of nitrogens with zero attached hydrogens (tertiary/aromatic N) is 1. The molecule has 1 aliphatic rings. The van der Waals surface area contributed by atoms with Crippen LogP contribution in [-0.4, -0.2) is 36.3 Å². The summed E-state index contributed by atoms with van der Waals surface area (Å²) in [6.07, 6.45) is 0.834. The van der Waals surface area contributed by atoms with E-state index in [4.69, 9.17) is 4.74 Å². The van der Waals surface area contributed by atoms with Gasteiger partial charge in [0.1, 0.15) is 11.5 Å². The summed E-state index contributed by atoms with van der Waals surface area (Å²) in [5.74, 6) is 1.08. The molecule has 0 N–H and O–H groups in total. The van der Waals surface area contributed by atoms with E-state index >= 15 is 0 Å². The Labute approximate surface area is 119 Å². The summed E-state index contributed by atoms with van der Waals surface area (Å²) in [6, 6.07) is 7.78. The standard InChI is InChI=1S/C16H21NO3/c1-12-4-3-5-14(10-12)20-9-7-16(19)17-8-6-15(18)13(2)11-17/h3-5,10,13H,6-9,11H2,1-2H3. The third-order valence-electron chi connectivity index (χ3n) is 3.60. The molecule has 0 aromatic heterocycles. The lowest BCUT2D eigenvalue weighted by atomic mass is 9.98. The highest BCUT2D eigenvalue weighted by atomic mass is 16.5. The van der Waals surface area contributed by atoms with Crippen LogP contribution in [0.4, 0.5) is 0 Å². The Morgan fingerprint density at radius 3 is 2.95 bits per heavy atom. The number of amides is 1. The maximum atomic E-state index is 12.0. The normalized spacial score (nSPS) is 19.0. The molecule has 1 saturated heterocycles. The minimum Gasteiger partial charge on any atom is -0.493 e. The van der Waals surface area contributed by atoms with Crippen LogP contribution in [0.5, 0.6) is 5.75 Å². The van der Waals surface area contributed by atoms with Gasteiger partial charge in [-0.25, -0.2) is 0 Å². The van der Waals surface area contributed by atoms with Crippen LogP contribution >= 0.6 is 0 Å². The average molecular weight is 275 g/mol. The second kappa shape index (κ2) is 6.55. The van der Waals surface area contributed by atoms with E-state index < -0.39 is 0 Å². The largest absolute Gasteiger partial charge is 0.493 e. The minimum absolute atomic E-state index is 0.0367. The maximum absolute atomic E-state index is 12.0. The summed E-state index contributed by atoms with van der Waals surface area (Å²) in [6.45, 7) is 5.35. The van der Waals surface area contributed by atoms with Crippen molar-refractivity contribution >= 4 is 11.7 Å². The first-order valence-electron chi connectivity index (χ1n) is 7.06. The summed E-state index contributed by atoms with van der Waals surface area (Å²) >= 11 is 0. The van der Waals surface area contributed by atoms with Gasteiger partial charge < -0.3 is 9.64 Å². The number of hydrogen-bond donors (Lipinski definition) is 0. The third kappa shape index (κ3) is 3.83. The highest BCUT2D eigenvalue weighted by Crippen LogP contribution is 2.15. The molecule has 1 aromatic rings. The molecule has 1 amide bonds. The van der Waals surface area contributed by atoms with Crippen molar-refractivity contribution in [3.8, 4) is 5.75 Å². The Morgan fingerprint density at radius 2 is 2.25 bits per heavy atom. The molecule has 1 aromatic carbocycles. The van der Waals surface area contributed by atoms with Crippen molar-refractivity contribution < 1.29 is 14.3 Å². The molecule has 1 aliphatic heterocycles. The van der Waals surface area contributed by atoms with Crippen LogP contribution in [0.2, 0.25) is 0 Å². The molecular weight excluding hydrogens is 254 g/mol. The average Bonchev–Trinajstić information content (AvgIpc) is 2.42. The van der Waals surface area contributed by atoms with Crippen LogP contribution in [0.25, 0.3) is 0 Å². The number of ether oxygens (including phenoxy) is 1. The highest BCUT2D eigenvalue weighted by Gasteiger charge is 2.26. The van der Waals surface area contributed by atoms with Crippen molar-refractivity contribution in [2.24, 2.45) is 5.92 Å². The number of aryl methyl sites for hydroxylation is 1. The second-order valence-corrected chi connectivity index (χ2v) is 5.37. The van der Waals surface area contributed by atoms with Gasteiger partial charge >= 0.3 is 0 Å². The van der Waals surface area contributed by atoms with Crippen molar-refractivity contribution in [3.05, 3.63) is 29.8 Å². The summed E-state index contributed by atoms with van der Waals surface area (Å²) < 4.78 is 5.58. The van der Waals surface area contributed by atoms with Gasteiger partial charge in [0, 0.05) is 25.4 Å². The molecule has 4 nitrogen and oxygen atoms in total. The zero-order valence-corrected chi connectivity index (χ0v) is 12.1. The van der Waals surface area contributed by atoms with Crippen LogP contribution in [0.3, 0.4) is 0 Å². The maximum Gasteiger partial charge on any atom is 0.226 e. The topological polar surface area (TPSA) is 46.6 Å². The molecule has 0 bridgehead atoms.